The van der Waals surface area contributed by atoms with E-state index in [1.807, 2.05) is 0 Å². The van der Waals surface area contributed by atoms with Gasteiger partial charge in [-0.1, -0.05) is 0 Å². The van der Waals surface area contributed by atoms with E-state index in [4.69, 9.17) is 10.5 Å². The summed E-state index contributed by atoms with van der Waals surface area (Å²) in [5.41, 5.74) is 7.60. The SMILES string of the molecule is CCOC(=O)c1cc(C(=O)c2ccc(F)cc2)n2ccc(N)cc12. The fraction of sp³-hybridized carbons (Fsp3) is 0.111. The molecule has 0 bridgehead atoms. The molecule has 3 rings (SSSR count). The van der Waals surface area contributed by atoms with Gasteiger partial charge in [0.2, 0.25) is 5.78 Å². The molecule has 5 nitrogen and oxygen atoms in total. The predicted octanol–water partition coefficient (Wildman–Crippen LogP) is 3.07. The van der Waals surface area contributed by atoms with Gasteiger partial charge in [0.25, 0.3) is 0 Å². The number of esters is 1. The van der Waals surface area contributed by atoms with Crippen LogP contribution in [0.2, 0.25) is 0 Å². The van der Waals surface area contributed by atoms with Gasteiger partial charge in [-0.05, 0) is 49.4 Å². The van der Waals surface area contributed by atoms with Crippen molar-refractivity contribution in [2.24, 2.45) is 0 Å². The quantitative estimate of drug-likeness (QED) is 0.591. The number of nitrogens with two attached hydrogens (primary N) is 1. The maximum Gasteiger partial charge on any atom is 0.340 e. The standard InChI is InChI=1S/C18H15FN2O3/c1-2-24-18(23)14-10-16(21-8-7-13(20)9-15(14)21)17(22)11-3-5-12(19)6-4-11/h3-10H,2,20H2,1H3. The fourth-order valence-electron chi connectivity index (χ4n) is 2.51. The average Bonchev–Trinajstić information content (AvgIpc) is 2.94. The molecule has 0 atom stereocenters. The number of rotatable bonds is 4. The van der Waals surface area contributed by atoms with E-state index >= 15 is 0 Å². The Bertz CT molecular complexity index is 929. The van der Waals surface area contributed by atoms with Gasteiger partial charge < -0.3 is 14.9 Å². The third-order valence-corrected chi connectivity index (χ3v) is 3.63. The summed E-state index contributed by atoms with van der Waals surface area (Å²) in [6.45, 7) is 1.93. The first kappa shape index (κ1) is 15.7. The Kier molecular flexibility index (Phi) is 4.04. The van der Waals surface area contributed by atoms with Crippen LogP contribution in [0.1, 0.15) is 33.3 Å². The van der Waals surface area contributed by atoms with Gasteiger partial charge in [0, 0.05) is 17.4 Å². The number of ether oxygens (including phenoxy) is 1. The first-order valence-corrected chi connectivity index (χ1v) is 7.39. The van der Waals surface area contributed by atoms with Crippen LogP contribution in [0.4, 0.5) is 10.1 Å². The van der Waals surface area contributed by atoms with Gasteiger partial charge in [-0.2, -0.15) is 0 Å². The molecule has 0 saturated heterocycles. The third kappa shape index (κ3) is 2.74. The number of benzene rings is 1. The van der Waals surface area contributed by atoms with E-state index in [1.54, 1.807) is 29.7 Å². The number of ketones is 1. The summed E-state index contributed by atoms with van der Waals surface area (Å²) in [7, 11) is 0. The molecule has 122 valence electrons. The molecule has 24 heavy (non-hydrogen) atoms. The van der Waals surface area contributed by atoms with Gasteiger partial charge in [-0.3, -0.25) is 4.79 Å². The van der Waals surface area contributed by atoms with Crippen LogP contribution in [-0.4, -0.2) is 22.8 Å². The molecular formula is C18H15FN2O3. The summed E-state index contributed by atoms with van der Waals surface area (Å²) in [5.74, 6) is -1.28. The number of hydrogen-bond acceptors (Lipinski definition) is 4. The lowest BCUT2D eigenvalue weighted by Crippen LogP contribution is -2.05. The number of aromatic nitrogens is 1. The predicted molar refractivity (Wildman–Crippen MR) is 87.6 cm³/mol. The van der Waals surface area contributed by atoms with Crippen molar-refractivity contribution in [2.45, 2.75) is 6.92 Å². The highest BCUT2D eigenvalue weighted by atomic mass is 19.1. The molecule has 0 unspecified atom stereocenters. The van der Waals surface area contributed by atoms with Crippen molar-refractivity contribution in [2.75, 3.05) is 12.3 Å². The van der Waals surface area contributed by atoms with Crippen molar-refractivity contribution in [3.8, 4) is 0 Å². The number of pyridine rings is 1. The highest BCUT2D eigenvalue weighted by Gasteiger charge is 2.21. The molecule has 0 radical (unpaired) electrons. The van der Waals surface area contributed by atoms with Gasteiger partial charge in [0.1, 0.15) is 5.82 Å². The van der Waals surface area contributed by atoms with Crippen LogP contribution in [0.25, 0.3) is 5.52 Å². The number of halogens is 1. The second kappa shape index (κ2) is 6.16. The van der Waals surface area contributed by atoms with E-state index in [2.05, 4.69) is 0 Å². The van der Waals surface area contributed by atoms with Crippen LogP contribution in [0, 0.1) is 5.82 Å². The topological polar surface area (TPSA) is 73.8 Å². The van der Waals surface area contributed by atoms with Gasteiger partial charge in [0.05, 0.1) is 23.4 Å². The second-order valence-corrected chi connectivity index (χ2v) is 5.22. The van der Waals surface area contributed by atoms with Crippen molar-refractivity contribution in [1.82, 2.24) is 4.40 Å². The zero-order chi connectivity index (χ0) is 17.3. The molecule has 3 aromatic rings. The molecule has 6 heteroatoms. The summed E-state index contributed by atoms with van der Waals surface area (Å²) >= 11 is 0. The highest BCUT2D eigenvalue weighted by molar-refractivity contribution is 6.11. The van der Waals surface area contributed by atoms with E-state index in [1.165, 1.54) is 30.3 Å². The molecule has 0 saturated carbocycles. The molecule has 2 aromatic heterocycles. The first-order chi connectivity index (χ1) is 11.5. The van der Waals surface area contributed by atoms with Crippen LogP contribution in [-0.2, 0) is 4.74 Å². The van der Waals surface area contributed by atoms with E-state index < -0.39 is 11.8 Å². The second-order valence-electron chi connectivity index (χ2n) is 5.22. The Balaban J connectivity index is 2.15. The normalized spacial score (nSPS) is 10.8. The van der Waals surface area contributed by atoms with Gasteiger partial charge in [0.15, 0.2) is 0 Å². The van der Waals surface area contributed by atoms with Crippen molar-refractivity contribution in [1.29, 1.82) is 0 Å². The number of nitrogens with zero attached hydrogens (tertiary/aromatic N) is 1. The molecule has 2 N–H and O–H groups in total. The first-order valence-electron chi connectivity index (χ1n) is 7.39. The van der Waals surface area contributed by atoms with E-state index in [0.717, 1.165) is 0 Å². The Labute approximate surface area is 137 Å². The minimum atomic E-state index is -0.529. The summed E-state index contributed by atoms with van der Waals surface area (Å²) in [4.78, 5) is 24.9. The van der Waals surface area contributed by atoms with Gasteiger partial charge >= 0.3 is 5.97 Å². The van der Waals surface area contributed by atoms with Crippen molar-refractivity contribution >= 4 is 23.0 Å². The lowest BCUT2D eigenvalue weighted by Gasteiger charge is -2.04. The summed E-state index contributed by atoms with van der Waals surface area (Å²) in [6, 6.07) is 9.94. The van der Waals surface area contributed by atoms with Crippen LogP contribution >= 0.6 is 0 Å². The Morgan fingerprint density at radius 2 is 1.88 bits per heavy atom. The Morgan fingerprint density at radius 3 is 2.54 bits per heavy atom. The lowest BCUT2D eigenvalue weighted by atomic mass is 10.1. The van der Waals surface area contributed by atoms with Crippen molar-refractivity contribution in [3.63, 3.8) is 0 Å². The van der Waals surface area contributed by atoms with Crippen LogP contribution in [0.3, 0.4) is 0 Å². The number of carbonyl (C=O) groups is 2. The lowest BCUT2D eigenvalue weighted by molar-refractivity contribution is 0.0529. The zero-order valence-electron chi connectivity index (χ0n) is 13.0. The maximum atomic E-state index is 13.1. The number of carbonyl (C=O) groups excluding carboxylic acids is 2. The number of anilines is 1. The molecule has 1 aromatic carbocycles. The largest absolute Gasteiger partial charge is 0.462 e. The van der Waals surface area contributed by atoms with E-state index in [-0.39, 0.29) is 23.6 Å². The Hall–Kier alpha value is -3.15. The van der Waals surface area contributed by atoms with Crippen LogP contribution in [0.5, 0.6) is 0 Å². The van der Waals surface area contributed by atoms with Crippen molar-refractivity contribution < 1.29 is 18.7 Å². The number of fused-ring (bicyclic) bond motifs is 1. The molecule has 0 fully saturated rings. The fourth-order valence-corrected chi connectivity index (χ4v) is 2.51. The average molecular weight is 326 g/mol. The minimum absolute atomic E-state index is 0.222. The monoisotopic (exact) mass is 326 g/mol. The maximum absolute atomic E-state index is 13.1. The summed E-state index contributed by atoms with van der Waals surface area (Å²) in [5, 5.41) is 0. The molecular weight excluding hydrogens is 311 g/mol. The third-order valence-electron chi connectivity index (χ3n) is 3.63. The van der Waals surface area contributed by atoms with Gasteiger partial charge in [-0.25, -0.2) is 9.18 Å². The van der Waals surface area contributed by atoms with Gasteiger partial charge in [-0.15, -0.1) is 0 Å². The number of hydrogen-bond donors (Lipinski definition) is 1. The molecule has 0 spiro atoms. The molecule has 0 aliphatic carbocycles. The van der Waals surface area contributed by atoms with Crippen LogP contribution in [0.15, 0.2) is 48.7 Å². The van der Waals surface area contributed by atoms with Crippen molar-refractivity contribution in [3.05, 3.63) is 71.3 Å². The van der Waals surface area contributed by atoms with E-state index in [0.29, 0.717) is 16.8 Å². The highest BCUT2D eigenvalue weighted by Crippen LogP contribution is 2.23. The Morgan fingerprint density at radius 1 is 1.17 bits per heavy atom. The molecule has 2 heterocycles. The summed E-state index contributed by atoms with van der Waals surface area (Å²) in [6.07, 6.45) is 1.62. The molecule has 0 aliphatic heterocycles. The zero-order valence-corrected chi connectivity index (χ0v) is 13.0. The number of nitrogen functional groups attached to an aromatic ring is 1. The molecule has 0 amide bonds. The van der Waals surface area contributed by atoms with E-state index in [9.17, 15) is 14.0 Å². The minimum Gasteiger partial charge on any atom is -0.462 e. The summed E-state index contributed by atoms with van der Waals surface area (Å²) < 4.78 is 19.7. The molecule has 0 aliphatic rings. The smallest absolute Gasteiger partial charge is 0.340 e. The van der Waals surface area contributed by atoms with Crippen LogP contribution < -0.4 is 5.73 Å².